The van der Waals surface area contributed by atoms with E-state index in [-0.39, 0.29) is 0 Å². The number of aliphatic imine (C=N–C) groups is 1. The summed E-state index contributed by atoms with van der Waals surface area (Å²) in [5.74, 6) is 0.832. The Bertz CT molecular complexity index is 349. The molecule has 1 rings (SSSR count). The lowest BCUT2D eigenvalue weighted by Gasteiger charge is -2.15. The van der Waals surface area contributed by atoms with Crippen molar-refractivity contribution in [2.75, 3.05) is 7.05 Å². The van der Waals surface area contributed by atoms with Gasteiger partial charge in [0.15, 0.2) is 5.96 Å². The van der Waals surface area contributed by atoms with Crippen LogP contribution in [0.3, 0.4) is 0 Å². The van der Waals surface area contributed by atoms with Crippen molar-refractivity contribution < 1.29 is 0 Å². The highest BCUT2D eigenvalue weighted by molar-refractivity contribution is 7.16. The molecule has 1 aromatic heterocycles. The number of hydrogen-bond donors (Lipinski definition) is 2. The topological polar surface area (TPSA) is 36.4 Å². The van der Waals surface area contributed by atoms with E-state index >= 15 is 0 Å². The molecule has 1 heterocycles. The van der Waals surface area contributed by atoms with E-state index in [2.05, 4.69) is 29.5 Å². The maximum absolute atomic E-state index is 5.86. The van der Waals surface area contributed by atoms with Crippen LogP contribution in [0.2, 0.25) is 4.34 Å². The van der Waals surface area contributed by atoms with Gasteiger partial charge in [-0.1, -0.05) is 18.5 Å². The van der Waals surface area contributed by atoms with E-state index < -0.39 is 0 Å². The van der Waals surface area contributed by atoms with Crippen LogP contribution in [-0.2, 0) is 6.54 Å². The minimum atomic E-state index is 0.429. The van der Waals surface area contributed by atoms with Gasteiger partial charge in [-0.25, -0.2) is 0 Å². The highest BCUT2D eigenvalue weighted by atomic mass is 35.5. The number of nitrogens with one attached hydrogen (secondary N) is 2. The number of guanidine groups is 1. The van der Waals surface area contributed by atoms with Crippen LogP contribution in [0.1, 0.15) is 25.1 Å². The Labute approximate surface area is 106 Å². The lowest BCUT2D eigenvalue weighted by atomic mass is 10.3. The first-order valence-electron chi connectivity index (χ1n) is 5.37. The van der Waals surface area contributed by atoms with Crippen LogP contribution < -0.4 is 10.6 Å². The summed E-state index contributed by atoms with van der Waals surface area (Å²) in [6.07, 6.45) is 1.07. The molecule has 0 saturated carbocycles. The molecular formula is C11H18ClN3S. The standard InChI is InChI=1S/C11H18ClN3S/c1-4-8(2)15-11(13-3)14-7-9-5-6-10(12)16-9/h5-6,8H,4,7H2,1-3H3,(H2,13,14,15). The van der Waals surface area contributed by atoms with Crippen LogP contribution in [0.25, 0.3) is 0 Å². The van der Waals surface area contributed by atoms with Gasteiger partial charge in [-0.3, -0.25) is 4.99 Å². The molecule has 0 aromatic carbocycles. The van der Waals surface area contributed by atoms with Gasteiger partial charge >= 0.3 is 0 Å². The van der Waals surface area contributed by atoms with Crippen molar-refractivity contribution in [3.8, 4) is 0 Å². The van der Waals surface area contributed by atoms with Gasteiger partial charge in [-0.2, -0.15) is 0 Å². The fourth-order valence-corrected chi connectivity index (χ4v) is 2.17. The zero-order chi connectivity index (χ0) is 12.0. The molecule has 0 amide bonds. The fourth-order valence-electron chi connectivity index (χ4n) is 1.15. The Morgan fingerprint density at radius 1 is 1.56 bits per heavy atom. The fraction of sp³-hybridized carbons (Fsp3) is 0.545. The maximum atomic E-state index is 5.86. The van der Waals surface area contributed by atoms with E-state index in [1.54, 1.807) is 18.4 Å². The van der Waals surface area contributed by atoms with Crippen molar-refractivity contribution >= 4 is 28.9 Å². The van der Waals surface area contributed by atoms with Crippen molar-refractivity contribution in [2.45, 2.75) is 32.9 Å². The van der Waals surface area contributed by atoms with Crippen LogP contribution in [0.5, 0.6) is 0 Å². The molecule has 1 atom stereocenters. The monoisotopic (exact) mass is 259 g/mol. The van der Waals surface area contributed by atoms with Gasteiger partial charge in [0.2, 0.25) is 0 Å². The van der Waals surface area contributed by atoms with Crippen molar-refractivity contribution in [3.63, 3.8) is 0 Å². The van der Waals surface area contributed by atoms with Crippen LogP contribution in [0.15, 0.2) is 17.1 Å². The third kappa shape index (κ3) is 4.41. The molecule has 1 aromatic rings. The molecule has 5 heteroatoms. The molecule has 3 nitrogen and oxygen atoms in total. The molecule has 0 aliphatic carbocycles. The Hall–Kier alpha value is -0.740. The number of nitrogens with zero attached hydrogens (tertiary/aromatic N) is 1. The summed E-state index contributed by atoms with van der Waals surface area (Å²) in [6.45, 7) is 5.03. The summed E-state index contributed by atoms with van der Waals surface area (Å²) in [5.41, 5.74) is 0. The van der Waals surface area contributed by atoms with E-state index in [1.165, 1.54) is 4.88 Å². The van der Waals surface area contributed by atoms with Gasteiger partial charge in [-0.15, -0.1) is 11.3 Å². The minimum absolute atomic E-state index is 0.429. The van der Waals surface area contributed by atoms with E-state index in [4.69, 9.17) is 11.6 Å². The highest BCUT2D eigenvalue weighted by Gasteiger charge is 2.03. The lowest BCUT2D eigenvalue weighted by Crippen LogP contribution is -2.41. The SMILES string of the molecule is CCC(C)NC(=NC)NCc1ccc(Cl)s1. The molecule has 0 aliphatic rings. The highest BCUT2D eigenvalue weighted by Crippen LogP contribution is 2.20. The van der Waals surface area contributed by atoms with Crippen LogP contribution in [-0.4, -0.2) is 19.0 Å². The Kier molecular flexibility index (Phi) is 5.63. The molecule has 16 heavy (non-hydrogen) atoms. The number of halogens is 1. The van der Waals surface area contributed by atoms with E-state index in [0.29, 0.717) is 6.04 Å². The first-order chi connectivity index (χ1) is 7.65. The average Bonchev–Trinajstić information content (AvgIpc) is 2.69. The van der Waals surface area contributed by atoms with Gasteiger partial charge in [0.25, 0.3) is 0 Å². The minimum Gasteiger partial charge on any atom is -0.354 e. The summed E-state index contributed by atoms with van der Waals surface area (Å²) in [7, 11) is 1.78. The van der Waals surface area contributed by atoms with Crippen LogP contribution in [0.4, 0.5) is 0 Å². The molecule has 0 fully saturated rings. The predicted molar refractivity (Wildman–Crippen MR) is 72.4 cm³/mol. The Morgan fingerprint density at radius 3 is 2.81 bits per heavy atom. The summed E-state index contributed by atoms with van der Waals surface area (Å²) >= 11 is 7.45. The molecule has 90 valence electrons. The second-order valence-corrected chi connectivity index (χ2v) is 5.38. The van der Waals surface area contributed by atoms with Crippen molar-refractivity contribution in [3.05, 3.63) is 21.3 Å². The molecule has 0 aliphatic heterocycles. The van der Waals surface area contributed by atoms with Crippen molar-refractivity contribution in [1.29, 1.82) is 0 Å². The smallest absolute Gasteiger partial charge is 0.191 e. The third-order valence-electron chi connectivity index (χ3n) is 2.28. The summed E-state index contributed by atoms with van der Waals surface area (Å²) in [6, 6.07) is 4.36. The van der Waals surface area contributed by atoms with Gasteiger partial charge in [0.05, 0.1) is 10.9 Å². The van der Waals surface area contributed by atoms with Gasteiger partial charge in [0.1, 0.15) is 0 Å². The molecule has 0 saturated heterocycles. The summed E-state index contributed by atoms with van der Waals surface area (Å²) in [4.78, 5) is 5.37. The van der Waals surface area contributed by atoms with Crippen LogP contribution in [0, 0.1) is 0 Å². The van der Waals surface area contributed by atoms with E-state index in [1.807, 2.05) is 12.1 Å². The molecule has 0 radical (unpaired) electrons. The van der Waals surface area contributed by atoms with Gasteiger partial charge in [0, 0.05) is 18.0 Å². The van der Waals surface area contributed by atoms with E-state index in [0.717, 1.165) is 23.3 Å². The first-order valence-corrected chi connectivity index (χ1v) is 6.56. The summed E-state index contributed by atoms with van der Waals surface area (Å²) in [5, 5.41) is 6.56. The van der Waals surface area contributed by atoms with E-state index in [9.17, 15) is 0 Å². The largest absolute Gasteiger partial charge is 0.354 e. The zero-order valence-electron chi connectivity index (χ0n) is 9.88. The number of rotatable bonds is 4. The molecule has 2 N–H and O–H groups in total. The molecule has 0 bridgehead atoms. The molecule has 1 unspecified atom stereocenters. The zero-order valence-corrected chi connectivity index (χ0v) is 11.5. The van der Waals surface area contributed by atoms with Crippen LogP contribution >= 0.6 is 22.9 Å². The first kappa shape index (κ1) is 13.3. The lowest BCUT2D eigenvalue weighted by molar-refractivity contribution is 0.624. The molecular weight excluding hydrogens is 242 g/mol. The maximum Gasteiger partial charge on any atom is 0.191 e. The normalized spacial score (nSPS) is 13.6. The number of thiophene rings is 1. The average molecular weight is 260 g/mol. The Morgan fingerprint density at radius 2 is 2.31 bits per heavy atom. The van der Waals surface area contributed by atoms with Crippen molar-refractivity contribution in [1.82, 2.24) is 10.6 Å². The second-order valence-electron chi connectivity index (χ2n) is 3.59. The summed E-state index contributed by atoms with van der Waals surface area (Å²) < 4.78 is 0.821. The molecule has 0 spiro atoms. The second kappa shape index (κ2) is 6.76. The van der Waals surface area contributed by atoms with Crippen molar-refractivity contribution in [2.24, 2.45) is 4.99 Å². The predicted octanol–water partition coefficient (Wildman–Crippen LogP) is 2.87. The quantitative estimate of drug-likeness (QED) is 0.644. The van der Waals surface area contributed by atoms with Gasteiger partial charge < -0.3 is 10.6 Å². The number of hydrogen-bond acceptors (Lipinski definition) is 2. The Balaban J connectivity index is 2.40. The van der Waals surface area contributed by atoms with Gasteiger partial charge in [-0.05, 0) is 25.5 Å². The third-order valence-corrected chi connectivity index (χ3v) is 3.51.